The molecule has 1 N–H and O–H groups in total. The van der Waals surface area contributed by atoms with E-state index in [1.54, 1.807) is 19.2 Å². The first kappa shape index (κ1) is 12.3. The van der Waals surface area contributed by atoms with Crippen molar-refractivity contribution in [3.05, 3.63) is 59.7 Å². The van der Waals surface area contributed by atoms with E-state index in [9.17, 15) is 9.90 Å². The summed E-state index contributed by atoms with van der Waals surface area (Å²) in [6, 6.07) is 15.1. The highest BCUT2D eigenvalue weighted by atomic mass is 16.5. The van der Waals surface area contributed by atoms with Crippen molar-refractivity contribution in [3.63, 3.8) is 0 Å². The highest BCUT2D eigenvalue weighted by molar-refractivity contribution is 5.91. The molecular weight excluding hydrogens is 228 g/mol. The van der Waals surface area contributed by atoms with Crippen LogP contribution in [0.15, 0.2) is 48.5 Å². The molecule has 0 atom stereocenters. The number of ether oxygens (including phenoxy) is 1. The van der Waals surface area contributed by atoms with Crippen LogP contribution in [0, 0.1) is 0 Å². The van der Waals surface area contributed by atoms with E-state index in [0.717, 1.165) is 11.1 Å². The second-order valence-electron chi connectivity index (χ2n) is 3.98. The molecule has 3 nitrogen and oxygen atoms in total. The summed E-state index contributed by atoms with van der Waals surface area (Å²) < 4.78 is 5.00. The maximum Gasteiger partial charge on any atom is 0.336 e. The molecule has 2 aromatic carbocycles. The first-order chi connectivity index (χ1) is 8.72. The zero-order chi connectivity index (χ0) is 13.0. The molecule has 0 saturated carbocycles. The van der Waals surface area contributed by atoms with E-state index in [0.29, 0.717) is 17.7 Å². The van der Waals surface area contributed by atoms with Crippen LogP contribution in [0.3, 0.4) is 0 Å². The molecule has 0 aliphatic rings. The standard InChI is InChI=1S/C15H14O3/c1-18-10-13-8-7-12(9-14(13)15(16)17)11-5-3-2-4-6-11/h2-9H,10H2,1H3,(H,16,17). The summed E-state index contributed by atoms with van der Waals surface area (Å²) in [6.07, 6.45) is 0. The summed E-state index contributed by atoms with van der Waals surface area (Å²) in [5.41, 5.74) is 2.87. The number of carboxylic acid groups (broad SMARTS) is 1. The molecular formula is C15H14O3. The lowest BCUT2D eigenvalue weighted by Gasteiger charge is -2.08. The van der Waals surface area contributed by atoms with Gasteiger partial charge >= 0.3 is 5.97 Å². The van der Waals surface area contributed by atoms with Crippen molar-refractivity contribution in [2.24, 2.45) is 0 Å². The molecule has 0 aliphatic carbocycles. The van der Waals surface area contributed by atoms with E-state index in [4.69, 9.17) is 4.74 Å². The monoisotopic (exact) mass is 242 g/mol. The Kier molecular flexibility index (Phi) is 3.75. The van der Waals surface area contributed by atoms with Crippen LogP contribution in [0.1, 0.15) is 15.9 Å². The Bertz CT molecular complexity index is 547. The fourth-order valence-electron chi connectivity index (χ4n) is 1.87. The van der Waals surface area contributed by atoms with Crippen molar-refractivity contribution in [2.45, 2.75) is 6.61 Å². The second-order valence-corrected chi connectivity index (χ2v) is 3.98. The number of hydrogen-bond acceptors (Lipinski definition) is 2. The molecule has 0 aromatic heterocycles. The van der Waals surface area contributed by atoms with Crippen molar-refractivity contribution in [3.8, 4) is 11.1 Å². The third kappa shape index (κ3) is 2.57. The largest absolute Gasteiger partial charge is 0.478 e. The third-order valence-electron chi connectivity index (χ3n) is 2.75. The zero-order valence-corrected chi connectivity index (χ0v) is 10.1. The molecule has 18 heavy (non-hydrogen) atoms. The highest BCUT2D eigenvalue weighted by Crippen LogP contribution is 2.23. The zero-order valence-electron chi connectivity index (χ0n) is 10.1. The lowest BCUT2D eigenvalue weighted by atomic mass is 9.99. The minimum Gasteiger partial charge on any atom is -0.478 e. The molecule has 0 heterocycles. The van der Waals surface area contributed by atoms with Crippen LogP contribution in [0.2, 0.25) is 0 Å². The van der Waals surface area contributed by atoms with E-state index in [-0.39, 0.29) is 0 Å². The van der Waals surface area contributed by atoms with E-state index in [2.05, 4.69) is 0 Å². The number of aromatic carboxylic acids is 1. The van der Waals surface area contributed by atoms with Gasteiger partial charge < -0.3 is 9.84 Å². The molecule has 0 bridgehead atoms. The predicted molar refractivity (Wildman–Crippen MR) is 69.6 cm³/mol. The molecule has 3 heteroatoms. The molecule has 0 fully saturated rings. The number of hydrogen-bond donors (Lipinski definition) is 1. The number of carboxylic acids is 1. The molecule has 0 unspecified atom stereocenters. The van der Waals surface area contributed by atoms with Crippen LogP contribution < -0.4 is 0 Å². The van der Waals surface area contributed by atoms with Gasteiger partial charge in [-0.2, -0.15) is 0 Å². The van der Waals surface area contributed by atoms with Crippen molar-refractivity contribution in [2.75, 3.05) is 7.11 Å². The Morgan fingerprint density at radius 2 is 1.83 bits per heavy atom. The smallest absolute Gasteiger partial charge is 0.336 e. The van der Waals surface area contributed by atoms with Crippen LogP contribution in [0.25, 0.3) is 11.1 Å². The summed E-state index contributed by atoms with van der Waals surface area (Å²) in [5.74, 6) is -0.931. The van der Waals surface area contributed by atoms with E-state index in [1.165, 1.54) is 0 Å². The summed E-state index contributed by atoms with van der Waals surface area (Å²) in [7, 11) is 1.55. The topological polar surface area (TPSA) is 46.5 Å². The van der Waals surface area contributed by atoms with E-state index >= 15 is 0 Å². The highest BCUT2D eigenvalue weighted by Gasteiger charge is 2.11. The van der Waals surface area contributed by atoms with Gasteiger partial charge in [-0.3, -0.25) is 0 Å². The van der Waals surface area contributed by atoms with Crippen molar-refractivity contribution < 1.29 is 14.6 Å². The van der Waals surface area contributed by atoms with Gasteiger partial charge in [-0.15, -0.1) is 0 Å². The van der Waals surface area contributed by atoms with Gasteiger partial charge in [-0.25, -0.2) is 4.79 Å². The van der Waals surface area contributed by atoms with Gasteiger partial charge in [0.05, 0.1) is 12.2 Å². The van der Waals surface area contributed by atoms with Crippen molar-refractivity contribution >= 4 is 5.97 Å². The predicted octanol–water partition coefficient (Wildman–Crippen LogP) is 3.20. The first-order valence-electron chi connectivity index (χ1n) is 5.63. The summed E-state index contributed by atoms with van der Waals surface area (Å²) >= 11 is 0. The normalized spacial score (nSPS) is 10.3. The van der Waals surface area contributed by atoms with Crippen LogP contribution in [-0.4, -0.2) is 18.2 Å². The van der Waals surface area contributed by atoms with Gasteiger partial charge in [0.2, 0.25) is 0 Å². The molecule has 0 aliphatic heterocycles. The molecule has 2 rings (SSSR count). The van der Waals surface area contributed by atoms with Crippen molar-refractivity contribution in [1.82, 2.24) is 0 Å². The molecule has 0 radical (unpaired) electrons. The van der Waals surface area contributed by atoms with Crippen LogP contribution in [0.4, 0.5) is 0 Å². The molecule has 0 saturated heterocycles. The number of carbonyl (C=O) groups is 1. The summed E-state index contributed by atoms with van der Waals surface area (Å²) in [5, 5.41) is 9.21. The first-order valence-corrected chi connectivity index (χ1v) is 5.63. The Morgan fingerprint density at radius 3 is 2.44 bits per heavy atom. The second kappa shape index (κ2) is 5.47. The Labute approximate surface area is 106 Å². The van der Waals surface area contributed by atoms with E-state index < -0.39 is 5.97 Å². The quantitative estimate of drug-likeness (QED) is 0.895. The fraction of sp³-hybridized carbons (Fsp3) is 0.133. The minimum atomic E-state index is -0.931. The van der Waals surface area contributed by atoms with Gasteiger partial charge in [0.25, 0.3) is 0 Å². The number of rotatable bonds is 4. The third-order valence-corrected chi connectivity index (χ3v) is 2.75. The lowest BCUT2D eigenvalue weighted by molar-refractivity contribution is 0.0692. The van der Waals surface area contributed by atoms with Gasteiger partial charge in [0, 0.05) is 7.11 Å². The Hall–Kier alpha value is -2.13. The SMILES string of the molecule is COCc1ccc(-c2ccccc2)cc1C(=O)O. The summed E-state index contributed by atoms with van der Waals surface area (Å²) in [4.78, 5) is 11.2. The average molecular weight is 242 g/mol. The molecule has 0 amide bonds. The van der Waals surface area contributed by atoms with Gasteiger partial charge in [-0.1, -0.05) is 42.5 Å². The fourth-order valence-corrected chi connectivity index (χ4v) is 1.87. The lowest BCUT2D eigenvalue weighted by Crippen LogP contribution is -2.03. The summed E-state index contributed by atoms with van der Waals surface area (Å²) in [6.45, 7) is 0.302. The van der Waals surface area contributed by atoms with Crippen molar-refractivity contribution in [1.29, 1.82) is 0 Å². The molecule has 92 valence electrons. The Morgan fingerprint density at radius 1 is 1.11 bits per heavy atom. The Balaban J connectivity index is 2.46. The van der Waals surface area contributed by atoms with Gasteiger partial charge in [-0.05, 0) is 22.8 Å². The van der Waals surface area contributed by atoms with E-state index in [1.807, 2.05) is 36.4 Å². The maximum absolute atomic E-state index is 11.2. The van der Waals surface area contributed by atoms with Gasteiger partial charge in [0.15, 0.2) is 0 Å². The van der Waals surface area contributed by atoms with Crippen LogP contribution in [0.5, 0.6) is 0 Å². The number of benzene rings is 2. The molecule has 0 spiro atoms. The van der Waals surface area contributed by atoms with Crippen LogP contribution >= 0.6 is 0 Å². The van der Waals surface area contributed by atoms with Gasteiger partial charge in [0.1, 0.15) is 0 Å². The van der Waals surface area contributed by atoms with Crippen LogP contribution in [-0.2, 0) is 11.3 Å². The maximum atomic E-state index is 11.2. The minimum absolute atomic E-state index is 0.290. The average Bonchev–Trinajstić information content (AvgIpc) is 2.40. The number of methoxy groups -OCH3 is 1. The molecule has 2 aromatic rings.